The first-order chi connectivity index (χ1) is 17.1. The van der Waals surface area contributed by atoms with Gasteiger partial charge in [-0.1, -0.05) is 0 Å². The number of amides is 1. The molecule has 3 heterocycles. The van der Waals surface area contributed by atoms with Gasteiger partial charge in [-0.25, -0.2) is 14.2 Å². The number of hydrogen-bond acceptors (Lipinski definition) is 7. The number of aromatic nitrogens is 1. The normalized spacial score (nSPS) is 20.8. The molecular weight excluding hydrogens is 496 g/mol. The van der Waals surface area contributed by atoms with Crippen molar-refractivity contribution in [1.82, 2.24) is 15.6 Å². The fraction of sp³-hybridized carbons (Fsp3) is 0.480. The first-order valence-electron chi connectivity index (χ1n) is 11.6. The van der Waals surface area contributed by atoms with Gasteiger partial charge in [0.2, 0.25) is 5.60 Å². The van der Waals surface area contributed by atoms with Crippen LogP contribution in [0.25, 0.3) is 11.3 Å². The number of pyridine rings is 1. The highest BCUT2D eigenvalue weighted by Gasteiger charge is 2.58. The second-order valence-corrected chi connectivity index (χ2v) is 10.2. The van der Waals surface area contributed by atoms with Crippen LogP contribution in [-0.4, -0.2) is 60.0 Å². The summed E-state index contributed by atoms with van der Waals surface area (Å²) in [5.41, 5.74) is -5.65. The quantitative estimate of drug-likeness (QED) is 0.514. The van der Waals surface area contributed by atoms with Crippen molar-refractivity contribution in [2.75, 3.05) is 26.2 Å². The van der Waals surface area contributed by atoms with Crippen molar-refractivity contribution in [3.63, 3.8) is 0 Å². The fourth-order valence-corrected chi connectivity index (χ4v) is 4.21. The molecule has 2 aromatic rings. The number of benzene rings is 1. The number of nitrogens with one attached hydrogen (secondary N) is 2. The van der Waals surface area contributed by atoms with E-state index in [9.17, 15) is 27.5 Å². The van der Waals surface area contributed by atoms with Crippen LogP contribution in [0.1, 0.15) is 39.0 Å². The van der Waals surface area contributed by atoms with Crippen molar-refractivity contribution in [3.8, 4) is 17.0 Å². The van der Waals surface area contributed by atoms with Gasteiger partial charge < -0.3 is 25.2 Å². The van der Waals surface area contributed by atoms with E-state index < -0.39 is 46.9 Å². The molecule has 0 radical (unpaired) electrons. The number of carbonyl (C=O) groups excluding carboxylic acids is 1. The number of alkyl carbamates (subject to hydrolysis) is 1. The maximum atomic E-state index is 14.4. The molecule has 0 saturated carbocycles. The molecule has 2 atom stereocenters. The lowest BCUT2D eigenvalue weighted by atomic mass is 9.81. The lowest BCUT2D eigenvalue weighted by molar-refractivity contribution is -0.265. The Morgan fingerprint density at radius 1 is 1.24 bits per heavy atom. The summed E-state index contributed by atoms with van der Waals surface area (Å²) in [5, 5.41) is 16.2. The number of halogens is 4. The van der Waals surface area contributed by atoms with Crippen LogP contribution in [0, 0.1) is 5.82 Å². The summed E-state index contributed by atoms with van der Waals surface area (Å²) in [4.78, 5) is 20.7. The fourth-order valence-electron chi connectivity index (χ4n) is 4.21. The van der Waals surface area contributed by atoms with Gasteiger partial charge in [-0.2, -0.15) is 13.2 Å². The van der Waals surface area contributed by atoms with Gasteiger partial charge in [0.1, 0.15) is 35.3 Å². The average Bonchev–Trinajstić information content (AvgIpc) is 3.45. The molecule has 3 N–H and O–H groups in total. The Morgan fingerprint density at radius 2 is 1.92 bits per heavy atom. The van der Waals surface area contributed by atoms with Crippen molar-refractivity contribution >= 4 is 11.9 Å². The minimum absolute atomic E-state index is 0.00485. The number of aliphatic imine (C=N–C) groups is 1. The Bertz CT molecular complexity index is 1230. The highest BCUT2D eigenvalue weighted by atomic mass is 19.4. The molecule has 0 spiro atoms. The molecule has 0 bridgehead atoms. The van der Waals surface area contributed by atoms with Gasteiger partial charge in [0.05, 0.1) is 24.2 Å². The molecule has 1 amide bonds. The Balaban J connectivity index is 1.86. The topological polar surface area (TPSA) is 105 Å². The van der Waals surface area contributed by atoms with E-state index >= 15 is 0 Å². The Morgan fingerprint density at radius 3 is 2.49 bits per heavy atom. The summed E-state index contributed by atoms with van der Waals surface area (Å²) in [6, 6.07) is 6.14. The number of amidine groups is 1. The van der Waals surface area contributed by atoms with Gasteiger partial charge >= 0.3 is 12.3 Å². The zero-order valence-corrected chi connectivity index (χ0v) is 20.8. The van der Waals surface area contributed by atoms with Crippen LogP contribution < -0.4 is 15.4 Å². The summed E-state index contributed by atoms with van der Waals surface area (Å²) in [7, 11) is 0. The molecular formula is C25H28F4N4O4. The first-order valence-corrected chi connectivity index (χ1v) is 11.6. The van der Waals surface area contributed by atoms with Gasteiger partial charge in [0.25, 0.3) is 0 Å². The van der Waals surface area contributed by atoms with E-state index in [2.05, 4.69) is 15.3 Å². The van der Waals surface area contributed by atoms with Crippen molar-refractivity contribution in [1.29, 1.82) is 0 Å². The zero-order valence-electron chi connectivity index (χ0n) is 20.8. The third-order valence-corrected chi connectivity index (χ3v) is 6.17. The number of nitrogens with zero attached hydrogens (tertiary/aromatic N) is 2. The van der Waals surface area contributed by atoms with E-state index in [1.165, 1.54) is 12.1 Å². The highest BCUT2D eigenvalue weighted by molar-refractivity contribution is 5.96. The minimum Gasteiger partial charge on any atom is -0.490 e. The van der Waals surface area contributed by atoms with Gasteiger partial charge in [-0.3, -0.25) is 4.99 Å². The van der Waals surface area contributed by atoms with E-state index in [1.807, 2.05) is 5.32 Å². The third-order valence-electron chi connectivity index (χ3n) is 6.17. The monoisotopic (exact) mass is 524 g/mol. The van der Waals surface area contributed by atoms with Crippen LogP contribution in [0.3, 0.4) is 0 Å². The van der Waals surface area contributed by atoms with E-state index in [-0.39, 0.29) is 23.6 Å². The molecule has 1 aromatic heterocycles. The van der Waals surface area contributed by atoms with E-state index in [0.717, 1.165) is 18.2 Å². The number of carbonyl (C=O) groups is 1. The minimum atomic E-state index is -5.23. The second-order valence-electron chi connectivity index (χ2n) is 10.2. The molecule has 2 aliphatic rings. The zero-order chi connectivity index (χ0) is 27.2. The van der Waals surface area contributed by atoms with Crippen LogP contribution in [-0.2, 0) is 15.8 Å². The van der Waals surface area contributed by atoms with E-state index in [1.54, 1.807) is 27.7 Å². The predicted octanol–water partition coefficient (Wildman–Crippen LogP) is 3.81. The number of ether oxygens (including phenoxy) is 2. The van der Waals surface area contributed by atoms with Crippen LogP contribution in [0.5, 0.6) is 5.75 Å². The van der Waals surface area contributed by atoms with E-state index in [0.29, 0.717) is 24.5 Å². The molecule has 1 aromatic carbocycles. The van der Waals surface area contributed by atoms with Crippen LogP contribution in [0.4, 0.5) is 22.4 Å². The Labute approximate surface area is 211 Å². The predicted molar refractivity (Wildman–Crippen MR) is 127 cm³/mol. The molecule has 37 heavy (non-hydrogen) atoms. The summed E-state index contributed by atoms with van der Waals surface area (Å²) in [6.07, 6.45) is -6.37. The average molecular weight is 525 g/mol. The molecule has 0 fully saturated rings. The third kappa shape index (κ3) is 5.07. The van der Waals surface area contributed by atoms with Crippen molar-refractivity contribution in [2.24, 2.45) is 4.99 Å². The standard InChI is InChI=1S/C25H28F4N4O4/c1-22(2,3)37-21(34)32-12-24(35,25(27,28)29)17-11-16-19(18(33-17)14-5-7-15(26)8-6-14)36-13-23(16,4)20-30-9-10-31-20/h5-8,11,35H,9-10,12-13H2,1-4H3,(H,30,31)(H,32,34)/t23-,24-/m0/s1. The Kier molecular flexibility index (Phi) is 6.60. The van der Waals surface area contributed by atoms with Gasteiger partial charge in [-0.05, 0) is 58.0 Å². The molecule has 200 valence electrons. The van der Waals surface area contributed by atoms with Crippen LogP contribution in [0.15, 0.2) is 35.3 Å². The number of fused-ring (bicyclic) bond motifs is 1. The van der Waals surface area contributed by atoms with Crippen molar-refractivity contribution in [2.45, 2.75) is 50.5 Å². The van der Waals surface area contributed by atoms with Crippen molar-refractivity contribution in [3.05, 3.63) is 47.4 Å². The molecule has 0 saturated heterocycles. The highest BCUT2D eigenvalue weighted by Crippen LogP contribution is 2.48. The summed E-state index contributed by atoms with van der Waals surface area (Å²) in [6.45, 7) is 6.30. The molecule has 0 unspecified atom stereocenters. The smallest absolute Gasteiger partial charge is 0.424 e. The molecule has 2 aliphatic heterocycles. The molecule has 0 aliphatic carbocycles. The van der Waals surface area contributed by atoms with Gasteiger partial charge in [0.15, 0.2) is 0 Å². The summed E-state index contributed by atoms with van der Waals surface area (Å²) < 4.78 is 67.8. The van der Waals surface area contributed by atoms with Gasteiger partial charge in [0, 0.05) is 17.7 Å². The number of hydrogen-bond donors (Lipinski definition) is 3. The molecule has 4 rings (SSSR count). The first kappa shape index (κ1) is 26.6. The summed E-state index contributed by atoms with van der Waals surface area (Å²) >= 11 is 0. The maximum absolute atomic E-state index is 14.4. The van der Waals surface area contributed by atoms with Crippen LogP contribution >= 0.6 is 0 Å². The number of aliphatic hydroxyl groups is 1. The summed E-state index contributed by atoms with van der Waals surface area (Å²) in [5.74, 6) is 0.204. The maximum Gasteiger partial charge on any atom is 0.424 e. The van der Waals surface area contributed by atoms with Crippen molar-refractivity contribution < 1.29 is 36.9 Å². The Hall–Kier alpha value is -3.41. The lowest BCUT2D eigenvalue weighted by Crippen LogP contribution is -2.52. The van der Waals surface area contributed by atoms with Crippen LogP contribution in [0.2, 0.25) is 0 Å². The molecule has 12 heteroatoms. The molecule has 8 nitrogen and oxygen atoms in total. The SMILES string of the molecule is CC(C)(C)OC(=O)NC[C@](O)(c1cc2c(c(-c3ccc(F)cc3)n1)OC[C@]2(C)C1=NCCN1)C(F)(F)F. The largest absolute Gasteiger partial charge is 0.490 e. The van der Waals surface area contributed by atoms with E-state index in [4.69, 9.17) is 9.47 Å². The lowest BCUT2D eigenvalue weighted by Gasteiger charge is -2.32. The van der Waals surface area contributed by atoms with Gasteiger partial charge in [-0.15, -0.1) is 0 Å². The number of alkyl halides is 3. The second kappa shape index (κ2) is 9.16. The number of rotatable bonds is 5.